The maximum Gasteiger partial charge on any atom is 0.257 e. The van der Waals surface area contributed by atoms with Crippen molar-refractivity contribution >= 4 is 22.5 Å². The van der Waals surface area contributed by atoms with E-state index in [-0.39, 0.29) is 5.91 Å². The van der Waals surface area contributed by atoms with Gasteiger partial charge in [-0.05, 0) is 25.1 Å². The molecule has 0 saturated carbocycles. The number of amides is 1. The molecule has 1 heterocycles. The predicted octanol–water partition coefficient (Wildman–Crippen LogP) is 3.82. The van der Waals surface area contributed by atoms with Crippen LogP contribution in [0.3, 0.4) is 0 Å². The molecule has 0 radical (unpaired) electrons. The summed E-state index contributed by atoms with van der Waals surface area (Å²) >= 11 is 0. The molecule has 4 heteroatoms. The Labute approximate surface area is 122 Å². The maximum atomic E-state index is 12.4. The summed E-state index contributed by atoms with van der Waals surface area (Å²) in [6.07, 6.45) is 1.73. The number of para-hydroxylation sites is 1. The van der Waals surface area contributed by atoms with E-state index in [1.807, 2.05) is 55.5 Å². The topological polar surface area (TPSA) is 54.1 Å². The molecule has 4 nitrogen and oxygen atoms in total. The molecule has 0 saturated heterocycles. The van der Waals surface area contributed by atoms with Gasteiger partial charge in [0, 0.05) is 28.9 Å². The molecular weight excluding hydrogens is 264 g/mol. The third kappa shape index (κ3) is 2.74. The lowest BCUT2D eigenvalue weighted by Crippen LogP contribution is -2.11. The van der Waals surface area contributed by atoms with Crippen molar-refractivity contribution in [2.45, 2.75) is 6.92 Å². The number of aromatic amines is 1. The Morgan fingerprint density at radius 2 is 2.05 bits per heavy atom. The molecule has 0 aliphatic rings. The summed E-state index contributed by atoms with van der Waals surface area (Å²) in [5.41, 5.74) is 2.30. The molecule has 0 atom stereocenters. The van der Waals surface area contributed by atoms with Gasteiger partial charge < -0.3 is 15.0 Å². The highest BCUT2D eigenvalue weighted by Gasteiger charge is 2.11. The number of carbonyl (C=O) groups excluding carboxylic acids is 1. The molecule has 1 aromatic heterocycles. The van der Waals surface area contributed by atoms with E-state index in [4.69, 9.17) is 4.74 Å². The van der Waals surface area contributed by atoms with E-state index in [0.29, 0.717) is 12.2 Å². The van der Waals surface area contributed by atoms with Crippen LogP contribution in [0, 0.1) is 0 Å². The van der Waals surface area contributed by atoms with Gasteiger partial charge in [-0.3, -0.25) is 4.79 Å². The van der Waals surface area contributed by atoms with Gasteiger partial charge >= 0.3 is 0 Å². The van der Waals surface area contributed by atoms with E-state index in [0.717, 1.165) is 22.3 Å². The first kappa shape index (κ1) is 13.2. The van der Waals surface area contributed by atoms with Crippen molar-refractivity contribution in [3.63, 3.8) is 0 Å². The fraction of sp³-hybridized carbons (Fsp3) is 0.118. The summed E-state index contributed by atoms with van der Waals surface area (Å²) in [5, 5.41) is 3.81. The molecule has 0 aliphatic carbocycles. The number of H-pyrrole nitrogens is 1. The monoisotopic (exact) mass is 280 g/mol. The van der Waals surface area contributed by atoms with Crippen LogP contribution in [0.15, 0.2) is 54.7 Å². The van der Waals surface area contributed by atoms with Crippen LogP contribution in [0.5, 0.6) is 5.75 Å². The van der Waals surface area contributed by atoms with Gasteiger partial charge in [-0.25, -0.2) is 0 Å². The molecule has 1 amide bonds. The molecule has 2 aromatic carbocycles. The van der Waals surface area contributed by atoms with Crippen molar-refractivity contribution in [3.8, 4) is 5.75 Å². The lowest BCUT2D eigenvalue weighted by atomic mass is 10.1. The van der Waals surface area contributed by atoms with Gasteiger partial charge in [0.15, 0.2) is 0 Å². The molecule has 0 spiro atoms. The smallest absolute Gasteiger partial charge is 0.257 e. The van der Waals surface area contributed by atoms with Crippen LogP contribution >= 0.6 is 0 Å². The van der Waals surface area contributed by atoms with E-state index in [1.165, 1.54) is 0 Å². The van der Waals surface area contributed by atoms with Crippen molar-refractivity contribution in [1.82, 2.24) is 4.98 Å². The second-order valence-corrected chi connectivity index (χ2v) is 4.66. The first-order chi connectivity index (χ1) is 10.3. The van der Waals surface area contributed by atoms with Crippen molar-refractivity contribution < 1.29 is 9.53 Å². The number of carbonyl (C=O) groups is 1. The zero-order valence-corrected chi connectivity index (χ0v) is 11.7. The van der Waals surface area contributed by atoms with Gasteiger partial charge in [-0.15, -0.1) is 0 Å². The molecule has 2 N–H and O–H groups in total. The number of nitrogens with one attached hydrogen (secondary N) is 2. The number of rotatable bonds is 4. The fourth-order valence-electron chi connectivity index (χ4n) is 2.29. The number of aromatic nitrogens is 1. The largest absolute Gasteiger partial charge is 0.494 e. The van der Waals surface area contributed by atoms with Crippen molar-refractivity contribution in [3.05, 3.63) is 60.3 Å². The van der Waals surface area contributed by atoms with Gasteiger partial charge in [0.05, 0.1) is 12.2 Å². The van der Waals surface area contributed by atoms with E-state index in [9.17, 15) is 4.79 Å². The third-order valence-corrected chi connectivity index (χ3v) is 3.24. The van der Waals surface area contributed by atoms with E-state index in [1.54, 1.807) is 6.20 Å². The molecule has 21 heavy (non-hydrogen) atoms. The maximum absolute atomic E-state index is 12.4. The first-order valence-corrected chi connectivity index (χ1v) is 6.88. The Morgan fingerprint density at radius 1 is 1.19 bits per heavy atom. The van der Waals surface area contributed by atoms with Crippen LogP contribution < -0.4 is 10.1 Å². The summed E-state index contributed by atoms with van der Waals surface area (Å²) < 4.78 is 5.43. The zero-order chi connectivity index (χ0) is 14.7. The van der Waals surface area contributed by atoms with E-state index >= 15 is 0 Å². The minimum absolute atomic E-state index is 0.138. The molecule has 0 unspecified atom stereocenters. The van der Waals surface area contributed by atoms with Gasteiger partial charge in [0.2, 0.25) is 0 Å². The van der Waals surface area contributed by atoms with Crippen molar-refractivity contribution in [2.75, 3.05) is 11.9 Å². The third-order valence-electron chi connectivity index (χ3n) is 3.24. The summed E-state index contributed by atoms with van der Waals surface area (Å²) in [6, 6.07) is 15.1. The Hall–Kier alpha value is -2.75. The number of ether oxygens (including phenoxy) is 1. The SMILES string of the molecule is CCOc1cccc(NC(=O)c2c[nH]c3ccccc23)c1. The Bertz CT molecular complexity index is 777. The second-order valence-electron chi connectivity index (χ2n) is 4.66. The van der Waals surface area contributed by atoms with Crippen LogP contribution in [0.4, 0.5) is 5.69 Å². The quantitative estimate of drug-likeness (QED) is 0.763. The van der Waals surface area contributed by atoms with Crippen LogP contribution in [-0.4, -0.2) is 17.5 Å². The first-order valence-electron chi connectivity index (χ1n) is 6.88. The van der Waals surface area contributed by atoms with Gasteiger partial charge in [-0.2, -0.15) is 0 Å². The lowest BCUT2D eigenvalue weighted by molar-refractivity contribution is 0.102. The number of hydrogen-bond donors (Lipinski definition) is 2. The van der Waals surface area contributed by atoms with Crippen LogP contribution in [0.25, 0.3) is 10.9 Å². The molecule has 0 fully saturated rings. The number of anilines is 1. The summed E-state index contributed by atoms with van der Waals surface area (Å²) in [6.45, 7) is 2.52. The minimum atomic E-state index is -0.138. The highest BCUT2D eigenvalue weighted by Crippen LogP contribution is 2.21. The molecule has 0 aliphatic heterocycles. The predicted molar refractivity (Wildman–Crippen MR) is 83.9 cm³/mol. The number of benzene rings is 2. The Balaban J connectivity index is 1.84. The van der Waals surface area contributed by atoms with Crippen molar-refractivity contribution in [2.24, 2.45) is 0 Å². The van der Waals surface area contributed by atoms with Crippen molar-refractivity contribution in [1.29, 1.82) is 0 Å². The average Bonchev–Trinajstić information content (AvgIpc) is 2.92. The summed E-state index contributed by atoms with van der Waals surface area (Å²) in [5.74, 6) is 0.607. The van der Waals surface area contributed by atoms with E-state index < -0.39 is 0 Å². The van der Waals surface area contributed by atoms with Gasteiger partial charge in [-0.1, -0.05) is 24.3 Å². The minimum Gasteiger partial charge on any atom is -0.494 e. The Morgan fingerprint density at radius 3 is 2.90 bits per heavy atom. The number of hydrogen-bond acceptors (Lipinski definition) is 2. The summed E-state index contributed by atoms with van der Waals surface area (Å²) in [4.78, 5) is 15.5. The van der Waals surface area contributed by atoms with Crippen LogP contribution in [-0.2, 0) is 0 Å². The lowest BCUT2D eigenvalue weighted by Gasteiger charge is -2.07. The summed E-state index contributed by atoms with van der Waals surface area (Å²) in [7, 11) is 0. The van der Waals surface area contributed by atoms with Gasteiger partial charge in [0.25, 0.3) is 5.91 Å². The highest BCUT2D eigenvalue weighted by molar-refractivity contribution is 6.12. The van der Waals surface area contributed by atoms with Crippen LogP contribution in [0.2, 0.25) is 0 Å². The Kier molecular flexibility index (Phi) is 3.60. The normalized spacial score (nSPS) is 10.5. The van der Waals surface area contributed by atoms with Crippen LogP contribution in [0.1, 0.15) is 17.3 Å². The van der Waals surface area contributed by atoms with Gasteiger partial charge in [0.1, 0.15) is 5.75 Å². The van der Waals surface area contributed by atoms with E-state index in [2.05, 4.69) is 10.3 Å². The molecule has 3 aromatic rings. The fourth-order valence-corrected chi connectivity index (χ4v) is 2.29. The molecule has 3 rings (SSSR count). The molecule has 0 bridgehead atoms. The standard InChI is InChI=1S/C17H16N2O2/c1-2-21-13-7-5-6-12(10-13)19-17(20)15-11-18-16-9-4-3-8-14(15)16/h3-11,18H,2H2,1H3,(H,19,20). The highest BCUT2D eigenvalue weighted by atomic mass is 16.5. The number of fused-ring (bicyclic) bond motifs is 1. The molecule has 106 valence electrons. The molecular formula is C17H16N2O2. The zero-order valence-electron chi connectivity index (χ0n) is 11.7. The average molecular weight is 280 g/mol. The second kappa shape index (κ2) is 5.71.